The van der Waals surface area contributed by atoms with Crippen molar-refractivity contribution < 1.29 is 18.0 Å². The van der Waals surface area contributed by atoms with Crippen LogP contribution in [-0.4, -0.2) is 5.91 Å². The maximum Gasteiger partial charge on any atom is 0.416 e. The number of alkyl halides is 3. The van der Waals surface area contributed by atoms with Gasteiger partial charge in [-0.15, -0.1) is 0 Å². The Hall–Kier alpha value is -1.78. The van der Waals surface area contributed by atoms with E-state index in [4.69, 9.17) is 0 Å². The number of carbonyl (C=O) groups excluding carboxylic acids is 1. The molecule has 2 nitrogen and oxygen atoms in total. The van der Waals surface area contributed by atoms with E-state index in [1.54, 1.807) is 19.9 Å². The molecular weight excluding hydrogens is 231 g/mol. The molecule has 0 unspecified atom stereocenters. The third kappa shape index (κ3) is 3.62. The average molecular weight is 243 g/mol. The van der Waals surface area contributed by atoms with Crippen molar-refractivity contribution in [2.24, 2.45) is 0 Å². The number of halogens is 3. The van der Waals surface area contributed by atoms with Crippen molar-refractivity contribution in [2.45, 2.75) is 20.0 Å². The molecule has 0 spiro atoms. The summed E-state index contributed by atoms with van der Waals surface area (Å²) in [5, 5.41) is 2.40. The minimum absolute atomic E-state index is 0.131. The van der Waals surface area contributed by atoms with Crippen LogP contribution in [0, 0.1) is 0 Å². The monoisotopic (exact) mass is 243 g/mol. The largest absolute Gasteiger partial charge is 0.416 e. The Bertz CT molecular complexity index is 449. The van der Waals surface area contributed by atoms with E-state index in [1.807, 2.05) is 0 Å². The Labute approximate surface area is 97.1 Å². The van der Waals surface area contributed by atoms with E-state index < -0.39 is 17.6 Å². The molecule has 0 saturated heterocycles. The van der Waals surface area contributed by atoms with Crippen LogP contribution in [0.4, 0.5) is 18.9 Å². The van der Waals surface area contributed by atoms with Gasteiger partial charge in [0.1, 0.15) is 0 Å². The molecule has 0 heterocycles. The molecule has 0 fully saturated rings. The fraction of sp³-hybridized carbons (Fsp3) is 0.250. The summed E-state index contributed by atoms with van der Waals surface area (Å²) in [5.41, 5.74) is -0.207. The summed E-state index contributed by atoms with van der Waals surface area (Å²) in [5.74, 6) is -0.410. The van der Waals surface area contributed by atoms with Gasteiger partial charge in [0.15, 0.2) is 0 Å². The van der Waals surface area contributed by atoms with Gasteiger partial charge in [-0.2, -0.15) is 13.2 Å². The van der Waals surface area contributed by atoms with Crippen LogP contribution < -0.4 is 5.32 Å². The lowest BCUT2D eigenvalue weighted by Crippen LogP contribution is -2.13. The quantitative estimate of drug-likeness (QED) is 0.790. The Kier molecular flexibility index (Phi) is 3.93. The van der Waals surface area contributed by atoms with Gasteiger partial charge in [-0.05, 0) is 32.0 Å². The number of allylic oxidation sites excluding steroid dienone is 1. The third-order valence-electron chi connectivity index (χ3n) is 2.24. The van der Waals surface area contributed by atoms with Crippen LogP contribution in [0.15, 0.2) is 35.9 Å². The van der Waals surface area contributed by atoms with Gasteiger partial charge in [-0.1, -0.05) is 12.1 Å². The van der Waals surface area contributed by atoms with Crippen LogP contribution in [0.5, 0.6) is 0 Å². The predicted molar refractivity (Wildman–Crippen MR) is 59.5 cm³/mol. The predicted octanol–water partition coefficient (Wildman–Crippen LogP) is 3.61. The lowest BCUT2D eigenvalue weighted by molar-refractivity contribution is -0.137. The van der Waals surface area contributed by atoms with Crippen LogP contribution in [0.2, 0.25) is 0 Å². The van der Waals surface area contributed by atoms with Crippen molar-refractivity contribution in [1.82, 2.24) is 0 Å². The SMILES string of the molecule is C/C=C(/C)C(=O)Nc1cccc(C(F)(F)F)c1. The minimum Gasteiger partial charge on any atom is -0.322 e. The van der Waals surface area contributed by atoms with Crippen LogP contribution in [0.1, 0.15) is 19.4 Å². The second-order valence-corrected chi connectivity index (χ2v) is 3.50. The smallest absolute Gasteiger partial charge is 0.322 e. The lowest BCUT2D eigenvalue weighted by Gasteiger charge is -2.09. The highest BCUT2D eigenvalue weighted by Crippen LogP contribution is 2.30. The Balaban J connectivity index is 2.91. The van der Waals surface area contributed by atoms with Gasteiger partial charge in [-0.3, -0.25) is 4.79 Å². The molecule has 1 amide bonds. The number of hydrogen-bond acceptors (Lipinski definition) is 1. The molecular formula is C12H12F3NO. The number of hydrogen-bond donors (Lipinski definition) is 1. The molecule has 0 saturated carbocycles. The second-order valence-electron chi connectivity index (χ2n) is 3.50. The van der Waals surface area contributed by atoms with Gasteiger partial charge in [0.05, 0.1) is 5.56 Å². The fourth-order valence-electron chi connectivity index (χ4n) is 1.13. The van der Waals surface area contributed by atoms with E-state index in [-0.39, 0.29) is 5.69 Å². The summed E-state index contributed by atoms with van der Waals surface area (Å²) in [4.78, 5) is 11.4. The van der Waals surface area contributed by atoms with Crippen molar-refractivity contribution in [3.63, 3.8) is 0 Å². The van der Waals surface area contributed by atoms with Gasteiger partial charge < -0.3 is 5.32 Å². The van der Waals surface area contributed by atoms with Crippen LogP contribution in [0.3, 0.4) is 0 Å². The Morgan fingerprint density at radius 2 is 2.00 bits per heavy atom. The highest BCUT2D eigenvalue weighted by Gasteiger charge is 2.30. The van der Waals surface area contributed by atoms with Crippen molar-refractivity contribution >= 4 is 11.6 Å². The second kappa shape index (κ2) is 5.03. The lowest BCUT2D eigenvalue weighted by atomic mass is 10.2. The van der Waals surface area contributed by atoms with E-state index >= 15 is 0 Å². The van der Waals surface area contributed by atoms with E-state index in [2.05, 4.69) is 5.32 Å². The number of nitrogens with one attached hydrogen (secondary N) is 1. The summed E-state index contributed by atoms with van der Waals surface area (Å²) in [7, 11) is 0. The van der Waals surface area contributed by atoms with Gasteiger partial charge in [0, 0.05) is 11.3 Å². The van der Waals surface area contributed by atoms with Crippen molar-refractivity contribution in [3.05, 3.63) is 41.5 Å². The molecule has 0 aliphatic heterocycles. The third-order valence-corrected chi connectivity index (χ3v) is 2.24. The zero-order valence-electron chi connectivity index (χ0n) is 9.43. The van der Waals surface area contributed by atoms with Gasteiger partial charge >= 0.3 is 6.18 Å². The minimum atomic E-state index is -4.41. The van der Waals surface area contributed by atoms with E-state index in [0.29, 0.717) is 5.57 Å². The number of benzene rings is 1. The highest BCUT2D eigenvalue weighted by molar-refractivity contribution is 6.03. The molecule has 0 radical (unpaired) electrons. The molecule has 17 heavy (non-hydrogen) atoms. The molecule has 1 N–H and O–H groups in total. The first-order chi connectivity index (χ1) is 7.84. The standard InChI is InChI=1S/C12H12F3NO/c1-3-8(2)11(17)16-10-6-4-5-9(7-10)12(13,14)15/h3-7H,1-2H3,(H,16,17)/b8-3-. The zero-order chi connectivity index (χ0) is 13.1. The first-order valence-electron chi connectivity index (χ1n) is 4.96. The maximum atomic E-state index is 12.4. The van der Waals surface area contributed by atoms with E-state index in [9.17, 15) is 18.0 Å². The average Bonchev–Trinajstić information content (AvgIpc) is 2.27. The molecule has 0 bridgehead atoms. The number of rotatable bonds is 2. The molecule has 0 aromatic heterocycles. The van der Waals surface area contributed by atoms with Crippen LogP contribution in [0.25, 0.3) is 0 Å². The number of carbonyl (C=O) groups is 1. The zero-order valence-corrected chi connectivity index (χ0v) is 9.43. The molecule has 0 aliphatic rings. The number of amides is 1. The molecule has 1 aromatic carbocycles. The highest BCUT2D eigenvalue weighted by atomic mass is 19.4. The Morgan fingerprint density at radius 3 is 2.53 bits per heavy atom. The normalized spacial score (nSPS) is 12.4. The van der Waals surface area contributed by atoms with Gasteiger partial charge in [0.2, 0.25) is 0 Å². The van der Waals surface area contributed by atoms with Crippen LogP contribution in [-0.2, 0) is 11.0 Å². The first kappa shape index (κ1) is 13.3. The van der Waals surface area contributed by atoms with Crippen molar-refractivity contribution in [2.75, 3.05) is 5.32 Å². The fourth-order valence-corrected chi connectivity index (χ4v) is 1.13. The molecule has 1 aromatic rings. The molecule has 0 aliphatic carbocycles. The number of anilines is 1. The molecule has 5 heteroatoms. The summed E-state index contributed by atoms with van der Waals surface area (Å²) in [6.45, 7) is 3.27. The summed E-state index contributed by atoms with van der Waals surface area (Å²) in [6, 6.07) is 4.53. The van der Waals surface area contributed by atoms with Gasteiger partial charge in [-0.25, -0.2) is 0 Å². The summed E-state index contributed by atoms with van der Waals surface area (Å²) >= 11 is 0. The first-order valence-corrected chi connectivity index (χ1v) is 4.96. The molecule has 92 valence electrons. The Morgan fingerprint density at radius 1 is 1.35 bits per heavy atom. The topological polar surface area (TPSA) is 29.1 Å². The maximum absolute atomic E-state index is 12.4. The summed E-state index contributed by atoms with van der Waals surface area (Å²) < 4.78 is 37.2. The molecule has 0 atom stereocenters. The summed E-state index contributed by atoms with van der Waals surface area (Å²) in [6.07, 6.45) is -2.82. The van der Waals surface area contributed by atoms with E-state index in [1.165, 1.54) is 12.1 Å². The van der Waals surface area contributed by atoms with Crippen molar-refractivity contribution in [1.29, 1.82) is 0 Å². The van der Waals surface area contributed by atoms with Gasteiger partial charge in [0.25, 0.3) is 5.91 Å². The van der Waals surface area contributed by atoms with Crippen LogP contribution >= 0.6 is 0 Å². The van der Waals surface area contributed by atoms with E-state index in [0.717, 1.165) is 12.1 Å². The molecule has 1 rings (SSSR count). The van der Waals surface area contributed by atoms with Crippen molar-refractivity contribution in [3.8, 4) is 0 Å².